The van der Waals surface area contributed by atoms with Gasteiger partial charge in [-0.05, 0) is 40.5 Å². The highest BCUT2D eigenvalue weighted by molar-refractivity contribution is 9.11. The number of halogens is 1. The molecular formula is C7H6BrN5OS2. The molecule has 0 spiro atoms. The van der Waals surface area contributed by atoms with Crippen LogP contribution in [0.4, 0.5) is 0 Å². The van der Waals surface area contributed by atoms with Gasteiger partial charge in [0, 0.05) is 6.04 Å². The largest absolute Gasteiger partial charge is 0.344 e. The fourth-order valence-corrected chi connectivity index (χ4v) is 3.78. The van der Waals surface area contributed by atoms with Crippen LogP contribution in [0.25, 0.3) is 0 Å². The maximum absolute atomic E-state index is 11.5. The Balaban J connectivity index is 1.92. The van der Waals surface area contributed by atoms with E-state index in [1.807, 2.05) is 0 Å². The molecule has 0 atom stereocenters. The van der Waals surface area contributed by atoms with Crippen molar-refractivity contribution in [1.82, 2.24) is 25.0 Å². The van der Waals surface area contributed by atoms with Gasteiger partial charge in [0.15, 0.2) is 13.4 Å². The van der Waals surface area contributed by atoms with Crippen molar-refractivity contribution in [2.24, 2.45) is 0 Å². The summed E-state index contributed by atoms with van der Waals surface area (Å²) in [6.45, 7) is 0. The van der Waals surface area contributed by atoms with Crippen molar-refractivity contribution >= 4 is 39.0 Å². The first-order chi connectivity index (χ1) is 7.74. The van der Waals surface area contributed by atoms with Gasteiger partial charge in [-0.2, -0.15) is 0 Å². The third-order valence-corrected chi connectivity index (χ3v) is 4.52. The summed E-state index contributed by atoms with van der Waals surface area (Å²) in [6.07, 6.45) is 2.10. The molecule has 0 radical (unpaired) electrons. The highest BCUT2D eigenvalue weighted by atomic mass is 79.9. The SMILES string of the molecule is O=c1[nH]nc(Sc2nnc(Br)s2)n1C1CC1. The molecule has 0 amide bonds. The number of H-pyrrole nitrogens is 1. The van der Waals surface area contributed by atoms with E-state index in [-0.39, 0.29) is 5.69 Å². The van der Waals surface area contributed by atoms with Gasteiger partial charge in [0.2, 0.25) is 0 Å². The third kappa shape index (κ3) is 1.94. The van der Waals surface area contributed by atoms with Crippen LogP contribution in [0, 0.1) is 0 Å². The van der Waals surface area contributed by atoms with Crippen molar-refractivity contribution < 1.29 is 0 Å². The van der Waals surface area contributed by atoms with Crippen LogP contribution in [0.3, 0.4) is 0 Å². The first-order valence-electron chi connectivity index (χ1n) is 4.58. The molecule has 2 aromatic heterocycles. The van der Waals surface area contributed by atoms with E-state index in [1.54, 1.807) is 4.57 Å². The number of nitrogens with one attached hydrogen (secondary N) is 1. The average molecular weight is 320 g/mol. The van der Waals surface area contributed by atoms with Gasteiger partial charge in [-0.3, -0.25) is 4.57 Å². The van der Waals surface area contributed by atoms with Gasteiger partial charge in [0.1, 0.15) is 0 Å². The van der Waals surface area contributed by atoms with E-state index < -0.39 is 0 Å². The standard InChI is InChI=1S/C7H6BrN5OS2/c8-4-9-12-7(15-4)16-6-11-10-5(14)13(6)3-1-2-3/h3H,1-2H2,(H,10,14). The zero-order valence-electron chi connectivity index (χ0n) is 7.88. The molecular weight excluding hydrogens is 314 g/mol. The second-order valence-corrected chi connectivity index (χ2v) is 6.80. The number of hydrogen-bond donors (Lipinski definition) is 1. The summed E-state index contributed by atoms with van der Waals surface area (Å²) in [7, 11) is 0. The Hall–Kier alpha value is -0.670. The smallest absolute Gasteiger partial charge is 0.267 e. The third-order valence-electron chi connectivity index (χ3n) is 2.14. The minimum Gasteiger partial charge on any atom is -0.267 e. The van der Waals surface area contributed by atoms with Gasteiger partial charge in [-0.1, -0.05) is 11.3 Å². The minimum absolute atomic E-state index is 0.145. The van der Waals surface area contributed by atoms with Gasteiger partial charge in [-0.15, -0.1) is 15.3 Å². The fraction of sp³-hybridized carbons (Fsp3) is 0.429. The van der Waals surface area contributed by atoms with E-state index in [1.165, 1.54) is 23.1 Å². The molecule has 0 bridgehead atoms. The molecule has 0 saturated heterocycles. The zero-order valence-corrected chi connectivity index (χ0v) is 11.1. The van der Waals surface area contributed by atoms with Crippen molar-refractivity contribution in [3.8, 4) is 0 Å². The molecule has 2 aromatic rings. The molecule has 1 fully saturated rings. The van der Waals surface area contributed by atoms with E-state index >= 15 is 0 Å². The van der Waals surface area contributed by atoms with E-state index in [4.69, 9.17) is 0 Å². The van der Waals surface area contributed by atoms with Crippen LogP contribution in [-0.4, -0.2) is 25.0 Å². The predicted molar refractivity (Wildman–Crippen MR) is 62.9 cm³/mol. The van der Waals surface area contributed by atoms with E-state index in [9.17, 15) is 4.79 Å². The lowest BCUT2D eigenvalue weighted by atomic mass is 10.7. The quantitative estimate of drug-likeness (QED) is 0.931. The lowest BCUT2D eigenvalue weighted by molar-refractivity contribution is 0.642. The monoisotopic (exact) mass is 319 g/mol. The lowest BCUT2D eigenvalue weighted by Crippen LogP contribution is -2.15. The van der Waals surface area contributed by atoms with Crippen molar-refractivity contribution in [2.75, 3.05) is 0 Å². The van der Waals surface area contributed by atoms with Crippen molar-refractivity contribution in [2.45, 2.75) is 28.4 Å². The Bertz CT molecular complexity index is 571. The number of nitrogens with zero attached hydrogens (tertiary/aromatic N) is 4. The van der Waals surface area contributed by atoms with Crippen molar-refractivity contribution in [3.63, 3.8) is 0 Å². The maximum atomic E-state index is 11.5. The van der Waals surface area contributed by atoms with Gasteiger partial charge in [-0.25, -0.2) is 9.89 Å². The molecule has 0 unspecified atom stereocenters. The number of hydrogen-bond acceptors (Lipinski definition) is 6. The van der Waals surface area contributed by atoms with Gasteiger partial charge >= 0.3 is 5.69 Å². The summed E-state index contributed by atoms with van der Waals surface area (Å²) in [5, 5.41) is 14.9. The predicted octanol–water partition coefficient (Wildman–Crippen LogP) is 1.67. The molecule has 1 aliphatic rings. The Kier molecular flexibility index (Phi) is 2.60. The molecule has 3 rings (SSSR count). The normalized spacial score (nSPS) is 15.6. The summed E-state index contributed by atoms with van der Waals surface area (Å²) in [4.78, 5) is 11.5. The van der Waals surface area contributed by atoms with E-state index in [2.05, 4.69) is 36.3 Å². The van der Waals surface area contributed by atoms with Crippen LogP contribution in [-0.2, 0) is 0 Å². The van der Waals surface area contributed by atoms with Gasteiger partial charge in [0.05, 0.1) is 0 Å². The summed E-state index contributed by atoms with van der Waals surface area (Å²) in [5.41, 5.74) is -0.145. The Morgan fingerprint density at radius 3 is 2.94 bits per heavy atom. The highest BCUT2D eigenvalue weighted by Gasteiger charge is 2.29. The first-order valence-corrected chi connectivity index (χ1v) is 7.00. The molecule has 6 nitrogen and oxygen atoms in total. The molecule has 9 heteroatoms. The second-order valence-electron chi connectivity index (χ2n) is 3.34. The first kappa shape index (κ1) is 10.5. The lowest BCUT2D eigenvalue weighted by Gasteiger charge is -1.99. The molecule has 1 saturated carbocycles. The molecule has 84 valence electrons. The minimum atomic E-state index is -0.145. The summed E-state index contributed by atoms with van der Waals surface area (Å²) >= 11 is 6.03. The fourth-order valence-electron chi connectivity index (χ4n) is 1.33. The van der Waals surface area contributed by atoms with Crippen LogP contribution in [0.2, 0.25) is 0 Å². The molecule has 0 aliphatic heterocycles. The van der Waals surface area contributed by atoms with Gasteiger partial charge < -0.3 is 0 Å². The van der Waals surface area contributed by atoms with Crippen LogP contribution >= 0.6 is 39.0 Å². The summed E-state index contributed by atoms with van der Waals surface area (Å²) < 4.78 is 3.19. The topological polar surface area (TPSA) is 76.5 Å². The molecule has 1 aliphatic carbocycles. The highest BCUT2D eigenvalue weighted by Crippen LogP contribution is 2.38. The second kappa shape index (κ2) is 3.97. The molecule has 0 aromatic carbocycles. The Labute approximate surface area is 107 Å². The molecule has 2 heterocycles. The maximum Gasteiger partial charge on any atom is 0.344 e. The van der Waals surface area contributed by atoms with Crippen LogP contribution in [0.15, 0.2) is 18.2 Å². The number of rotatable bonds is 3. The zero-order chi connectivity index (χ0) is 11.1. The van der Waals surface area contributed by atoms with Gasteiger partial charge in [0.25, 0.3) is 0 Å². The van der Waals surface area contributed by atoms with Crippen LogP contribution in [0.5, 0.6) is 0 Å². The van der Waals surface area contributed by atoms with Crippen LogP contribution < -0.4 is 5.69 Å². The Morgan fingerprint density at radius 1 is 1.50 bits per heavy atom. The van der Waals surface area contributed by atoms with Crippen molar-refractivity contribution in [3.05, 3.63) is 14.4 Å². The molecule has 16 heavy (non-hydrogen) atoms. The van der Waals surface area contributed by atoms with E-state index in [0.717, 1.165) is 21.1 Å². The van der Waals surface area contributed by atoms with Crippen molar-refractivity contribution in [1.29, 1.82) is 0 Å². The van der Waals surface area contributed by atoms with E-state index in [0.29, 0.717) is 11.2 Å². The Morgan fingerprint density at radius 2 is 2.31 bits per heavy atom. The summed E-state index contributed by atoms with van der Waals surface area (Å²) in [5.74, 6) is 0. The molecule has 1 N–H and O–H groups in total. The number of aromatic amines is 1. The number of aromatic nitrogens is 5. The van der Waals surface area contributed by atoms with Crippen LogP contribution in [0.1, 0.15) is 18.9 Å². The summed E-state index contributed by atoms with van der Waals surface area (Å²) in [6, 6.07) is 0.310. The average Bonchev–Trinajstić information content (AvgIpc) is 2.91.